The molecule has 2 aromatic rings. The van der Waals surface area contributed by atoms with E-state index in [1.807, 2.05) is 6.92 Å². The number of aromatic nitrogens is 2. The van der Waals surface area contributed by atoms with E-state index >= 15 is 0 Å². The number of hydrogen-bond acceptors (Lipinski definition) is 6. The monoisotopic (exact) mass is 451 g/mol. The number of carbonyl (C=O) groups excluding carboxylic acids is 1. The lowest BCUT2D eigenvalue weighted by molar-refractivity contribution is -0.136. The highest BCUT2D eigenvalue weighted by molar-refractivity contribution is 5.91. The van der Waals surface area contributed by atoms with Crippen molar-refractivity contribution in [1.82, 2.24) is 14.9 Å². The lowest BCUT2D eigenvalue weighted by Gasteiger charge is -2.42. The van der Waals surface area contributed by atoms with Gasteiger partial charge in [0.05, 0.1) is 17.3 Å². The van der Waals surface area contributed by atoms with Crippen molar-refractivity contribution in [2.24, 2.45) is 17.6 Å². The van der Waals surface area contributed by atoms with Gasteiger partial charge in [-0.1, -0.05) is 14.4 Å². The molecule has 2 N–H and O–H groups in total. The quantitative estimate of drug-likeness (QED) is 0.747. The van der Waals surface area contributed by atoms with Crippen molar-refractivity contribution in [2.75, 3.05) is 31.1 Å². The zero-order chi connectivity index (χ0) is 22.3. The van der Waals surface area contributed by atoms with Crippen molar-refractivity contribution in [3.63, 3.8) is 0 Å². The van der Waals surface area contributed by atoms with Crippen molar-refractivity contribution in [3.05, 3.63) is 30.1 Å². The summed E-state index contributed by atoms with van der Waals surface area (Å²) in [5.74, 6) is 0.652. The summed E-state index contributed by atoms with van der Waals surface area (Å²) in [6.07, 6.45) is -0.423. The molecule has 3 heterocycles. The number of ketones is 1. The van der Waals surface area contributed by atoms with Crippen LogP contribution in [0.15, 0.2) is 24.5 Å². The SMILES string of the molecule is C.CC(C(=O)C[C@@H]1C[C@H](C)CN(c2ccc(C(F)(F)F)c3nccnc23)C1)N1CC(N)C1. The molecular formula is C23H32F3N5O. The molecule has 0 saturated carbocycles. The third kappa shape index (κ3) is 4.88. The molecule has 6 nitrogen and oxygen atoms in total. The molecule has 4 rings (SSSR count). The highest BCUT2D eigenvalue weighted by atomic mass is 19.4. The molecule has 0 amide bonds. The fourth-order valence-corrected chi connectivity index (χ4v) is 4.88. The van der Waals surface area contributed by atoms with Gasteiger partial charge in [0.25, 0.3) is 0 Å². The standard InChI is InChI=1S/C22H28F3N5O.CH4/c1-13-7-15(8-19(31)14(2)29-11-16(26)12-29)10-30(9-13)18-4-3-17(22(23,24)25)20-21(18)28-6-5-27-20;/h3-6,13-16H,7-12,26H2,1-2H3;1H4/t13-,14?,15-;/m0./s1. The Bertz CT molecular complexity index is 960. The van der Waals surface area contributed by atoms with Crippen molar-refractivity contribution in [2.45, 2.75) is 52.4 Å². The minimum atomic E-state index is -4.49. The average molecular weight is 452 g/mol. The second kappa shape index (κ2) is 9.31. The number of Topliss-reactive ketones (excluding diaryl/α,β-unsaturated/α-hetero) is 1. The van der Waals surface area contributed by atoms with Crippen molar-refractivity contribution in [3.8, 4) is 0 Å². The number of anilines is 1. The zero-order valence-corrected chi connectivity index (χ0v) is 17.8. The molecular weight excluding hydrogens is 419 g/mol. The van der Waals surface area contributed by atoms with Crippen molar-refractivity contribution in [1.29, 1.82) is 0 Å². The highest BCUT2D eigenvalue weighted by Gasteiger charge is 2.36. The van der Waals surface area contributed by atoms with Crippen LogP contribution in [0.4, 0.5) is 18.9 Å². The Balaban J connectivity index is 0.00000289. The Hall–Kier alpha value is -2.26. The predicted octanol–water partition coefficient (Wildman–Crippen LogP) is 3.74. The third-order valence-corrected chi connectivity index (χ3v) is 6.44. The molecule has 0 spiro atoms. The van der Waals surface area contributed by atoms with E-state index in [0.29, 0.717) is 31.1 Å². The Morgan fingerprint density at radius 1 is 1.16 bits per heavy atom. The van der Waals surface area contributed by atoms with Crippen LogP contribution >= 0.6 is 0 Å². The molecule has 1 aromatic carbocycles. The summed E-state index contributed by atoms with van der Waals surface area (Å²) < 4.78 is 40.3. The summed E-state index contributed by atoms with van der Waals surface area (Å²) in [7, 11) is 0. The number of hydrogen-bond donors (Lipinski definition) is 1. The maximum atomic E-state index is 13.4. The second-order valence-corrected chi connectivity index (χ2v) is 9.06. The number of benzene rings is 1. The molecule has 0 aliphatic carbocycles. The summed E-state index contributed by atoms with van der Waals surface area (Å²) in [6.45, 7) is 6.85. The van der Waals surface area contributed by atoms with Crippen molar-refractivity contribution >= 4 is 22.5 Å². The number of piperidine rings is 1. The fraction of sp³-hybridized carbons (Fsp3) is 0.609. The van der Waals surface area contributed by atoms with Gasteiger partial charge in [-0.15, -0.1) is 0 Å². The maximum absolute atomic E-state index is 13.4. The third-order valence-electron chi connectivity index (χ3n) is 6.44. The maximum Gasteiger partial charge on any atom is 0.418 e. The summed E-state index contributed by atoms with van der Waals surface area (Å²) >= 11 is 0. The first kappa shape index (κ1) is 24.4. The van der Waals surface area contributed by atoms with E-state index in [1.165, 1.54) is 18.5 Å². The number of nitrogens with two attached hydrogens (primary N) is 1. The number of likely N-dealkylation sites (tertiary alicyclic amines) is 1. The predicted molar refractivity (Wildman–Crippen MR) is 119 cm³/mol. The summed E-state index contributed by atoms with van der Waals surface area (Å²) in [5.41, 5.74) is 5.81. The smallest absolute Gasteiger partial charge is 0.369 e. The molecule has 0 bridgehead atoms. The largest absolute Gasteiger partial charge is 0.418 e. The minimum Gasteiger partial charge on any atom is -0.369 e. The lowest BCUT2D eigenvalue weighted by atomic mass is 9.85. The van der Waals surface area contributed by atoms with Gasteiger partial charge in [-0.2, -0.15) is 13.2 Å². The summed E-state index contributed by atoms with van der Waals surface area (Å²) in [5, 5.41) is 0. The Kier molecular flexibility index (Phi) is 7.09. The molecule has 2 fully saturated rings. The van der Waals surface area contributed by atoms with Crippen LogP contribution in [-0.2, 0) is 11.0 Å². The van der Waals surface area contributed by atoms with E-state index in [1.54, 1.807) is 0 Å². The molecule has 176 valence electrons. The normalized spacial score (nSPS) is 23.5. The molecule has 9 heteroatoms. The van der Waals surface area contributed by atoms with Crippen LogP contribution < -0.4 is 10.6 Å². The molecule has 2 aliphatic heterocycles. The number of nitrogens with zero attached hydrogens (tertiary/aromatic N) is 4. The van der Waals surface area contributed by atoms with Gasteiger partial charge in [0, 0.05) is 51.0 Å². The highest BCUT2D eigenvalue weighted by Crippen LogP contribution is 2.38. The summed E-state index contributed by atoms with van der Waals surface area (Å²) in [6, 6.07) is 2.57. The summed E-state index contributed by atoms with van der Waals surface area (Å²) in [4.78, 5) is 25.2. The van der Waals surface area contributed by atoms with Crippen LogP contribution in [0, 0.1) is 11.8 Å². The first-order valence-corrected chi connectivity index (χ1v) is 10.7. The second-order valence-electron chi connectivity index (χ2n) is 9.06. The topological polar surface area (TPSA) is 75.4 Å². The number of alkyl halides is 3. The van der Waals surface area contributed by atoms with E-state index in [2.05, 4.69) is 26.7 Å². The van der Waals surface area contributed by atoms with Gasteiger partial charge in [-0.25, -0.2) is 0 Å². The van der Waals surface area contributed by atoms with E-state index in [-0.39, 0.29) is 42.2 Å². The van der Waals surface area contributed by atoms with Crippen LogP contribution in [0.2, 0.25) is 0 Å². The average Bonchev–Trinajstić information content (AvgIpc) is 2.68. The van der Waals surface area contributed by atoms with Crippen LogP contribution in [0.5, 0.6) is 0 Å². The van der Waals surface area contributed by atoms with Crippen LogP contribution in [-0.4, -0.2) is 58.9 Å². The molecule has 1 aromatic heterocycles. The molecule has 2 aliphatic rings. The number of carbonyl (C=O) groups is 1. The number of fused-ring (bicyclic) bond motifs is 1. The van der Waals surface area contributed by atoms with E-state index in [9.17, 15) is 18.0 Å². The van der Waals surface area contributed by atoms with Crippen LogP contribution in [0.1, 0.15) is 39.7 Å². The van der Waals surface area contributed by atoms with Gasteiger partial charge in [0.2, 0.25) is 0 Å². The number of rotatable bonds is 5. The van der Waals surface area contributed by atoms with Crippen LogP contribution in [0.25, 0.3) is 11.0 Å². The first-order chi connectivity index (χ1) is 14.6. The Morgan fingerprint density at radius 3 is 2.44 bits per heavy atom. The van der Waals surface area contributed by atoms with E-state index < -0.39 is 11.7 Å². The fourth-order valence-electron chi connectivity index (χ4n) is 4.88. The van der Waals surface area contributed by atoms with Gasteiger partial charge < -0.3 is 10.6 Å². The molecule has 0 radical (unpaired) electrons. The lowest BCUT2D eigenvalue weighted by Crippen LogP contribution is -2.60. The van der Waals surface area contributed by atoms with Gasteiger partial charge in [0.15, 0.2) is 0 Å². The van der Waals surface area contributed by atoms with Gasteiger partial charge >= 0.3 is 6.18 Å². The van der Waals surface area contributed by atoms with E-state index in [0.717, 1.165) is 25.6 Å². The molecule has 1 unspecified atom stereocenters. The zero-order valence-electron chi connectivity index (χ0n) is 17.8. The van der Waals surface area contributed by atoms with Crippen molar-refractivity contribution < 1.29 is 18.0 Å². The number of halogens is 3. The Morgan fingerprint density at radius 2 is 1.81 bits per heavy atom. The van der Waals surface area contributed by atoms with Crippen LogP contribution in [0.3, 0.4) is 0 Å². The minimum absolute atomic E-state index is 0. The first-order valence-electron chi connectivity index (χ1n) is 10.7. The van der Waals surface area contributed by atoms with E-state index in [4.69, 9.17) is 5.73 Å². The Labute approximate surface area is 187 Å². The molecule has 2 saturated heterocycles. The molecule has 3 atom stereocenters. The molecule has 32 heavy (non-hydrogen) atoms. The van der Waals surface area contributed by atoms with Gasteiger partial charge in [-0.05, 0) is 37.3 Å². The van der Waals surface area contributed by atoms with Gasteiger partial charge in [-0.3, -0.25) is 19.7 Å². The van der Waals surface area contributed by atoms with Gasteiger partial charge in [0.1, 0.15) is 16.8 Å².